The number of allylic oxidation sites excluding steroid dienone is 1. The maximum absolute atomic E-state index is 13.0. The predicted octanol–water partition coefficient (Wildman–Crippen LogP) is -1.28. The third-order valence-corrected chi connectivity index (χ3v) is 4.94. The fourth-order valence-corrected chi connectivity index (χ4v) is 3.60. The van der Waals surface area contributed by atoms with Gasteiger partial charge in [-0.25, -0.2) is 0 Å². The van der Waals surface area contributed by atoms with Crippen LogP contribution in [0.2, 0.25) is 0 Å². The molecule has 3 aliphatic rings. The number of carbonyl (C=O) groups is 4. The fraction of sp³-hybridized carbons (Fsp3) is 0.579. The summed E-state index contributed by atoms with van der Waals surface area (Å²) in [4.78, 5) is 50.3. The molecule has 1 atom stereocenters. The van der Waals surface area contributed by atoms with Gasteiger partial charge in [0.1, 0.15) is 6.04 Å². The molecule has 1 saturated heterocycles. The van der Waals surface area contributed by atoms with Gasteiger partial charge < -0.3 is 20.5 Å². The molecule has 0 spiro atoms. The Labute approximate surface area is 168 Å². The molecule has 158 valence electrons. The van der Waals surface area contributed by atoms with E-state index in [1.807, 2.05) is 6.08 Å². The Morgan fingerprint density at radius 3 is 2.55 bits per heavy atom. The van der Waals surface area contributed by atoms with Gasteiger partial charge in [-0.3, -0.25) is 29.4 Å². The molecule has 4 amide bonds. The molecule has 0 saturated carbocycles. The number of amides is 4. The maximum atomic E-state index is 13.0. The smallest absolute Gasteiger partial charge is 0.264 e. The third kappa shape index (κ3) is 4.72. The fourth-order valence-electron chi connectivity index (χ4n) is 3.60. The average molecular weight is 406 g/mol. The summed E-state index contributed by atoms with van der Waals surface area (Å²) >= 11 is 0. The predicted molar refractivity (Wildman–Crippen MR) is 101 cm³/mol. The Morgan fingerprint density at radius 1 is 1.07 bits per heavy atom. The van der Waals surface area contributed by atoms with Gasteiger partial charge >= 0.3 is 0 Å². The monoisotopic (exact) mass is 406 g/mol. The summed E-state index contributed by atoms with van der Waals surface area (Å²) in [5.74, 6) is -1.93. The highest BCUT2D eigenvalue weighted by molar-refractivity contribution is 6.23. The van der Waals surface area contributed by atoms with E-state index < -0.39 is 29.7 Å². The molecule has 3 rings (SSSR count). The normalized spacial score (nSPS) is 22.0. The molecule has 2 heterocycles. The lowest BCUT2D eigenvalue weighted by Gasteiger charge is -2.28. The van der Waals surface area contributed by atoms with Crippen LogP contribution in [0.15, 0.2) is 22.9 Å². The first-order chi connectivity index (χ1) is 14.0. The molecule has 0 aromatic rings. The second-order valence-electron chi connectivity index (χ2n) is 6.90. The SMILES string of the molecule is NCCOCCOCCNC1=CCCC2=C1C(=O)N(C1CCC(=O)NC1=O)C2=O. The molecule has 1 aliphatic carbocycles. The van der Waals surface area contributed by atoms with Crippen LogP contribution in [0.5, 0.6) is 0 Å². The number of nitrogens with zero attached hydrogens (tertiary/aromatic N) is 1. The Hall–Kier alpha value is -2.56. The van der Waals surface area contributed by atoms with Crippen LogP contribution in [0.25, 0.3) is 0 Å². The summed E-state index contributed by atoms with van der Waals surface area (Å²) in [6.45, 7) is 2.73. The minimum absolute atomic E-state index is 0.103. The van der Waals surface area contributed by atoms with Crippen LogP contribution in [0.4, 0.5) is 0 Å². The van der Waals surface area contributed by atoms with Crippen molar-refractivity contribution in [1.82, 2.24) is 15.5 Å². The minimum Gasteiger partial charge on any atom is -0.382 e. The highest BCUT2D eigenvalue weighted by Gasteiger charge is 2.47. The zero-order valence-corrected chi connectivity index (χ0v) is 16.2. The van der Waals surface area contributed by atoms with Crippen LogP contribution in [-0.2, 0) is 28.7 Å². The van der Waals surface area contributed by atoms with E-state index in [9.17, 15) is 19.2 Å². The summed E-state index contributed by atoms with van der Waals surface area (Å²) in [6, 6.07) is -0.948. The number of nitrogens with two attached hydrogens (primary N) is 1. The molecule has 0 aromatic carbocycles. The van der Waals surface area contributed by atoms with Crippen LogP contribution in [-0.4, -0.2) is 74.1 Å². The molecule has 1 fully saturated rings. The van der Waals surface area contributed by atoms with Crippen molar-refractivity contribution in [2.75, 3.05) is 39.5 Å². The molecule has 0 radical (unpaired) electrons. The van der Waals surface area contributed by atoms with E-state index in [0.29, 0.717) is 69.2 Å². The van der Waals surface area contributed by atoms with E-state index in [1.54, 1.807) is 0 Å². The van der Waals surface area contributed by atoms with Gasteiger partial charge in [-0.05, 0) is 19.3 Å². The molecule has 10 heteroatoms. The van der Waals surface area contributed by atoms with Gasteiger partial charge in [-0.1, -0.05) is 6.08 Å². The Kier molecular flexibility index (Phi) is 7.13. The highest BCUT2D eigenvalue weighted by atomic mass is 16.5. The standard InChI is InChI=1S/C19H26N4O6/c20-6-8-28-10-11-29-9-7-21-13-3-1-2-12-16(13)19(27)23(18(12)26)14-4-5-15(24)22-17(14)25/h3,14,21H,1-2,4-11,20H2,(H,22,24,25). The van der Waals surface area contributed by atoms with E-state index in [-0.39, 0.29) is 12.8 Å². The van der Waals surface area contributed by atoms with Crippen molar-refractivity contribution in [2.45, 2.75) is 31.7 Å². The average Bonchev–Trinajstić information content (AvgIpc) is 2.95. The van der Waals surface area contributed by atoms with Crippen LogP contribution < -0.4 is 16.4 Å². The highest BCUT2D eigenvalue weighted by Crippen LogP contribution is 2.34. The van der Waals surface area contributed by atoms with Gasteiger partial charge in [-0.15, -0.1) is 0 Å². The summed E-state index contributed by atoms with van der Waals surface area (Å²) in [5, 5.41) is 5.35. The van der Waals surface area contributed by atoms with E-state index in [4.69, 9.17) is 15.2 Å². The lowest BCUT2D eigenvalue weighted by atomic mass is 9.96. The summed E-state index contributed by atoms with van der Waals surface area (Å²) in [5.41, 5.74) is 6.65. The van der Waals surface area contributed by atoms with Crippen LogP contribution in [0.1, 0.15) is 25.7 Å². The van der Waals surface area contributed by atoms with Crippen molar-refractivity contribution in [3.63, 3.8) is 0 Å². The molecule has 2 aliphatic heterocycles. The second kappa shape index (κ2) is 9.77. The Morgan fingerprint density at radius 2 is 1.83 bits per heavy atom. The zero-order valence-electron chi connectivity index (χ0n) is 16.2. The lowest BCUT2D eigenvalue weighted by molar-refractivity contribution is -0.150. The molecule has 4 N–H and O–H groups in total. The van der Waals surface area contributed by atoms with Crippen molar-refractivity contribution in [2.24, 2.45) is 5.73 Å². The topological polar surface area (TPSA) is 140 Å². The number of ether oxygens (including phenoxy) is 2. The van der Waals surface area contributed by atoms with Gasteiger partial charge in [0.2, 0.25) is 11.8 Å². The Bertz CT molecular complexity index is 760. The molecule has 0 bridgehead atoms. The van der Waals surface area contributed by atoms with Crippen molar-refractivity contribution in [3.8, 4) is 0 Å². The first-order valence-corrected chi connectivity index (χ1v) is 9.79. The van der Waals surface area contributed by atoms with E-state index in [2.05, 4.69) is 10.6 Å². The molecule has 10 nitrogen and oxygen atoms in total. The number of nitrogens with one attached hydrogen (secondary N) is 2. The molecule has 0 aromatic heterocycles. The zero-order chi connectivity index (χ0) is 20.8. The van der Waals surface area contributed by atoms with Crippen LogP contribution >= 0.6 is 0 Å². The molecular weight excluding hydrogens is 380 g/mol. The second-order valence-corrected chi connectivity index (χ2v) is 6.90. The Balaban J connectivity index is 1.56. The number of imide groups is 2. The van der Waals surface area contributed by atoms with Crippen LogP contribution in [0.3, 0.4) is 0 Å². The largest absolute Gasteiger partial charge is 0.382 e. The number of rotatable bonds is 10. The first-order valence-electron chi connectivity index (χ1n) is 9.79. The summed E-state index contributed by atoms with van der Waals surface area (Å²) in [6.07, 6.45) is 3.20. The van der Waals surface area contributed by atoms with Gasteiger partial charge in [0.15, 0.2) is 0 Å². The molecule has 29 heavy (non-hydrogen) atoms. The maximum Gasteiger partial charge on any atom is 0.264 e. The van der Waals surface area contributed by atoms with Crippen LogP contribution in [0, 0.1) is 0 Å². The minimum atomic E-state index is -0.948. The van der Waals surface area contributed by atoms with Crippen molar-refractivity contribution < 1.29 is 28.7 Å². The number of carbonyl (C=O) groups excluding carboxylic acids is 4. The third-order valence-electron chi connectivity index (χ3n) is 4.94. The number of hydrogen-bond acceptors (Lipinski definition) is 8. The van der Waals surface area contributed by atoms with Gasteiger partial charge in [0.25, 0.3) is 11.8 Å². The van der Waals surface area contributed by atoms with E-state index in [0.717, 1.165) is 4.90 Å². The number of piperidine rings is 1. The molecule has 1 unspecified atom stereocenters. The quantitative estimate of drug-likeness (QED) is 0.301. The van der Waals surface area contributed by atoms with E-state index >= 15 is 0 Å². The van der Waals surface area contributed by atoms with E-state index in [1.165, 1.54) is 0 Å². The van der Waals surface area contributed by atoms with Crippen molar-refractivity contribution in [1.29, 1.82) is 0 Å². The van der Waals surface area contributed by atoms with Crippen molar-refractivity contribution >= 4 is 23.6 Å². The first kappa shape index (κ1) is 21.2. The van der Waals surface area contributed by atoms with Crippen molar-refractivity contribution in [3.05, 3.63) is 22.9 Å². The van der Waals surface area contributed by atoms with Gasteiger partial charge in [0.05, 0.1) is 32.0 Å². The number of hydrogen-bond donors (Lipinski definition) is 3. The lowest BCUT2D eigenvalue weighted by Crippen LogP contribution is -2.54. The summed E-state index contributed by atoms with van der Waals surface area (Å²) < 4.78 is 10.7. The summed E-state index contributed by atoms with van der Waals surface area (Å²) in [7, 11) is 0. The van der Waals surface area contributed by atoms with Gasteiger partial charge in [0, 0.05) is 30.8 Å². The molecular formula is C19H26N4O6. The van der Waals surface area contributed by atoms with Gasteiger partial charge in [-0.2, -0.15) is 0 Å².